The van der Waals surface area contributed by atoms with Crippen molar-refractivity contribution in [1.82, 2.24) is 10.2 Å². The van der Waals surface area contributed by atoms with E-state index in [0.717, 1.165) is 38.4 Å². The molecule has 0 bridgehead atoms. The summed E-state index contributed by atoms with van der Waals surface area (Å²) in [5.41, 5.74) is 2.35. The van der Waals surface area contributed by atoms with E-state index in [0.29, 0.717) is 19.7 Å². The summed E-state index contributed by atoms with van der Waals surface area (Å²) >= 11 is 0. The highest BCUT2D eigenvalue weighted by molar-refractivity contribution is 5.81. The summed E-state index contributed by atoms with van der Waals surface area (Å²) in [6.07, 6.45) is -0.371. The molecule has 2 aliphatic heterocycles. The SMILES string of the molecule is CN(Cc1ccccc1N1CCOCC1)C(=O)C1CNCCO1. The van der Waals surface area contributed by atoms with E-state index < -0.39 is 0 Å². The highest BCUT2D eigenvalue weighted by Gasteiger charge is 2.25. The number of anilines is 1. The van der Waals surface area contributed by atoms with E-state index in [1.807, 2.05) is 19.2 Å². The Morgan fingerprint density at radius 2 is 2.09 bits per heavy atom. The van der Waals surface area contributed by atoms with Crippen LogP contribution in [0.3, 0.4) is 0 Å². The smallest absolute Gasteiger partial charge is 0.253 e. The maximum Gasteiger partial charge on any atom is 0.253 e. The molecular formula is C17H25N3O3. The number of para-hydroxylation sites is 1. The lowest BCUT2D eigenvalue weighted by Gasteiger charge is -2.32. The summed E-state index contributed by atoms with van der Waals surface area (Å²) in [7, 11) is 1.84. The quantitative estimate of drug-likeness (QED) is 0.874. The van der Waals surface area contributed by atoms with Gasteiger partial charge in [0.15, 0.2) is 0 Å². The number of benzene rings is 1. The zero-order valence-electron chi connectivity index (χ0n) is 13.7. The number of ether oxygens (including phenoxy) is 2. The van der Waals surface area contributed by atoms with E-state index in [2.05, 4.69) is 22.3 Å². The van der Waals surface area contributed by atoms with Crippen molar-refractivity contribution in [2.45, 2.75) is 12.6 Å². The molecule has 3 rings (SSSR count). The Labute approximate surface area is 137 Å². The van der Waals surface area contributed by atoms with E-state index in [1.165, 1.54) is 5.69 Å². The molecule has 1 amide bonds. The highest BCUT2D eigenvalue weighted by Crippen LogP contribution is 2.23. The van der Waals surface area contributed by atoms with Crippen LogP contribution in [0.2, 0.25) is 0 Å². The van der Waals surface area contributed by atoms with Gasteiger partial charge in [0.1, 0.15) is 6.10 Å². The molecule has 1 N–H and O–H groups in total. The van der Waals surface area contributed by atoms with Crippen molar-refractivity contribution >= 4 is 11.6 Å². The number of rotatable bonds is 4. The first-order chi connectivity index (χ1) is 11.3. The molecule has 126 valence electrons. The molecule has 0 radical (unpaired) electrons. The Hall–Kier alpha value is -1.63. The molecule has 2 fully saturated rings. The van der Waals surface area contributed by atoms with Crippen LogP contribution in [0.1, 0.15) is 5.56 Å². The topological polar surface area (TPSA) is 54.0 Å². The van der Waals surface area contributed by atoms with Gasteiger partial charge in [-0.2, -0.15) is 0 Å². The van der Waals surface area contributed by atoms with Gasteiger partial charge in [0.25, 0.3) is 5.91 Å². The van der Waals surface area contributed by atoms with Crippen molar-refractivity contribution in [3.05, 3.63) is 29.8 Å². The second-order valence-electron chi connectivity index (χ2n) is 5.99. The Kier molecular flexibility index (Phi) is 5.48. The molecule has 1 aromatic carbocycles. The Morgan fingerprint density at radius 1 is 1.30 bits per heavy atom. The zero-order chi connectivity index (χ0) is 16.1. The Balaban J connectivity index is 1.67. The molecule has 6 heteroatoms. The predicted octanol–water partition coefficient (Wildman–Crippen LogP) is 0.470. The first kappa shape index (κ1) is 16.2. The number of carbonyl (C=O) groups is 1. The average molecular weight is 319 g/mol. The normalized spacial score (nSPS) is 22.0. The summed E-state index contributed by atoms with van der Waals surface area (Å²) < 4.78 is 11.0. The van der Waals surface area contributed by atoms with Gasteiger partial charge in [-0.05, 0) is 11.6 Å². The van der Waals surface area contributed by atoms with Crippen LogP contribution in [0.4, 0.5) is 5.69 Å². The van der Waals surface area contributed by atoms with Gasteiger partial charge < -0.3 is 24.6 Å². The van der Waals surface area contributed by atoms with Gasteiger partial charge in [0, 0.05) is 45.5 Å². The van der Waals surface area contributed by atoms with Crippen molar-refractivity contribution in [2.75, 3.05) is 57.9 Å². The molecule has 0 spiro atoms. The van der Waals surface area contributed by atoms with E-state index in [1.54, 1.807) is 4.90 Å². The lowest BCUT2D eigenvalue weighted by Crippen LogP contribution is -2.48. The molecular weight excluding hydrogens is 294 g/mol. The van der Waals surface area contributed by atoms with Gasteiger partial charge >= 0.3 is 0 Å². The molecule has 0 saturated carbocycles. The van der Waals surface area contributed by atoms with Crippen LogP contribution >= 0.6 is 0 Å². The van der Waals surface area contributed by atoms with Gasteiger partial charge in [-0.3, -0.25) is 4.79 Å². The van der Waals surface area contributed by atoms with Gasteiger partial charge in [0.2, 0.25) is 0 Å². The third kappa shape index (κ3) is 4.02. The number of amides is 1. The predicted molar refractivity (Wildman–Crippen MR) is 88.6 cm³/mol. The largest absolute Gasteiger partial charge is 0.378 e. The molecule has 23 heavy (non-hydrogen) atoms. The maximum atomic E-state index is 12.5. The number of hydrogen-bond acceptors (Lipinski definition) is 5. The van der Waals surface area contributed by atoms with Gasteiger partial charge in [-0.15, -0.1) is 0 Å². The number of hydrogen-bond donors (Lipinski definition) is 1. The molecule has 2 aliphatic rings. The monoisotopic (exact) mass is 319 g/mol. The number of carbonyl (C=O) groups excluding carboxylic acids is 1. The fourth-order valence-corrected chi connectivity index (χ4v) is 3.06. The molecule has 6 nitrogen and oxygen atoms in total. The molecule has 1 atom stereocenters. The summed E-state index contributed by atoms with van der Waals surface area (Å²) in [6, 6.07) is 8.28. The van der Waals surface area contributed by atoms with Crippen LogP contribution < -0.4 is 10.2 Å². The van der Waals surface area contributed by atoms with Crippen LogP contribution in [-0.4, -0.2) is 70.0 Å². The van der Waals surface area contributed by atoms with E-state index in [-0.39, 0.29) is 12.0 Å². The summed E-state index contributed by atoms with van der Waals surface area (Å²) in [5, 5.41) is 3.20. The number of morpholine rings is 2. The molecule has 0 aliphatic carbocycles. The Bertz CT molecular complexity index is 526. The van der Waals surface area contributed by atoms with Crippen LogP contribution in [0, 0.1) is 0 Å². The Morgan fingerprint density at radius 3 is 2.83 bits per heavy atom. The second-order valence-corrected chi connectivity index (χ2v) is 5.99. The van der Waals surface area contributed by atoms with Crippen LogP contribution in [-0.2, 0) is 20.8 Å². The standard InChI is InChI=1S/C17H25N3O3/c1-19(17(21)16-12-18-6-9-23-16)13-14-4-2-3-5-15(14)20-7-10-22-11-8-20/h2-5,16,18H,6-13H2,1H3. The number of likely N-dealkylation sites (N-methyl/N-ethyl adjacent to an activating group) is 1. The van der Waals surface area contributed by atoms with Crippen molar-refractivity contribution in [1.29, 1.82) is 0 Å². The van der Waals surface area contributed by atoms with Crippen LogP contribution in [0.5, 0.6) is 0 Å². The van der Waals surface area contributed by atoms with Gasteiger partial charge in [0.05, 0.1) is 19.8 Å². The first-order valence-corrected chi connectivity index (χ1v) is 8.23. The molecule has 1 aromatic rings. The minimum atomic E-state index is -0.371. The first-order valence-electron chi connectivity index (χ1n) is 8.23. The van der Waals surface area contributed by atoms with Crippen LogP contribution in [0.15, 0.2) is 24.3 Å². The van der Waals surface area contributed by atoms with Gasteiger partial charge in [-0.25, -0.2) is 0 Å². The summed E-state index contributed by atoms with van der Waals surface area (Å²) in [4.78, 5) is 16.6. The molecule has 1 unspecified atom stereocenters. The second kappa shape index (κ2) is 7.77. The van der Waals surface area contributed by atoms with E-state index >= 15 is 0 Å². The fourth-order valence-electron chi connectivity index (χ4n) is 3.06. The van der Waals surface area contributed by atoms with E-state index in [9.17, 15) is 4.79 Å². The third-order valence-electron chi connectivity index (χ3n) is 4.33. The highest BCUT2D eigenvalue weighted by atomic mass is 16.5. The lowest BCUT2D eigenvalue weighted by molar-refractivity contribution is -0.144. The van der Waals surface area contributed by atoms with Gasteiger partial charge in [-0.1, -0.05) is 18.2 Å². The van der Waals surface area contributed by atoms with Crippen molar-refractivity contribution in [3.63, 3.8) is 0 Å². The minimum absolute atomic E-state index is 0.0361. The third-order valence-corrected chi connectivity index (χ3v) is 4.33. The summed E-state index contributed by atoms with van der Waals surface area (Å²) in [5.74, 6) is 0.0361. The van der Waals surface area contributed by atoms with Crippen molar-refractivity contribution in [2.24, 2.45) is 0 Å². The lowest BCUT2D eigenvalue weighted by atomic mass is 10.1. The van der Waals surface area contributed by atoms with Crippen molar-refractivity contribution < 1.29 is 14.3 Å². The zero-order valence-corrected chi connectivity index (χ0v) is 13.7. The summed E-state index contributed by atoms with van der Waals surface area (Å²) in [6.45, 7) is 5.88. The van der Waals surface area contributed by atoms with Crippen molar-refractivity contribution in [3.8, 4) is 0 Å². The molecule has 2 heterocycles. The molecule has 2 saturated heterocycles. The minimum Gasteiger partial charge on any atom is -0.378 e. The molecule has 0 aromatic heterocycles. The maximum absolute atomic E-state index is 12.5. The fraction of sp³-hybridized carbons (Fsp3) is 0.588. The average Bonchev–Trinajstić information content (AvgIpc) is 2.63. The van der Waals surface area contributed by atoms with Crippen LogP contribution in [0.25, 0.3) is 0 Å². The van der Waals surface area contributed by atoms with E-state index in [4.69, 9.17) is 9.47 Å². The number of nitrogens with one attached hydrogen (secondary N) is 1. The number of nitrogens with zero attached hydrogens (tertiary/aromatic N) is 2.